The molecular weight excluding hydrogens is 456 g/mol. The van der Waals surface area contributed by atoms with E-state index in [9.17, 15) is 19.2 Å². The predicted molar refractivity (Wildman–Crippen MR) is 130 cm³/mol. The van der Waals surface area contributed by atoms with E-state index < -0.39 is 11.4 Å². The number of esters is 1. The van der Waals surface area contributed by atoms with Crippen LogP contribution in [-0.4, -0.2) is 48.2 Å². The molecule has 0 aliphatic carbocycles. The van der Waals surface area contributed by atoms with Crippen molar-refractivity contribution < 1.29 is 23.9 Å². The minimum Gasteiger partial charge on any atom is -0.457 e. The maximum Gasteiger partial charge on any atom is 0.309 e. The Labute approximate surface area is 204 Å². The number of halogens is 1. The highest BCUT2D eigenvalue weighted by molar-refractivity contribution is 6.30. The van der Waals surface area contributed by atoms with Crippen LogP contribution in [0.3, 0.4) is 0 Å². The lowest BCUT2D eigenvalue weighted by molar-refractivity contribution is -0.148. The average Bonchev–Trinajstić information content (AvgIpc) is 2.82. The Balaban J connectivity index is 1.45. The summed E-state index contributed by atoms with van der Waals surface area (Å²) in [6, 6.07) is 13.2. The molecule has 1 fully saturated rings. The quantitative estimate of drug-likeness (QED) is 0.477. The normalized spacial score (nSPS) is 14.4. The fraction of sp³-hybridized carbons (Fsp3) is 0.385. The van der Waals surface area contributed by atoms with Crippen molar-refractivity contribution in [3.05, 3.63) is 64.7 Å². The van der Waals surface area contributed by atoms with Crippen LogP contribution in [0, 0.1) is 11.3 Å². The zero-order chi connectivity index (χ0) is 24.9. The monoisotopic (exact) mass is 484 g/mol. The van der Waals surface area contributed by atoms with Crippen LogP contribution in [0.25, 0.3) is 0 Å². The van der Waals surface area contributed by atoms with Crippen molar-refractivity contribution >= 4 is 40.9 Å². The summed E-state index contributed by atoms with van der Waals surface area (Å²) in [6.45, 7) is 5.98. The molecule has 7 nitrogen and oxygen atoms in total. The number of hydrogen-bond donors (Lipinski definition) is 1. The van der Waals surface area contributed by atoms with E-state index in [1.54, 1.807) is 53.4 Å². The molecule has 0 saturated carbocycles. The smallest absolute Gasteiger partial charge is 0.309 e. The lowest BCUT2D eigenvalue weighted by Crippen LogP contribution is -2.40. The molecule has 0 bridgehead atoms. The van der Waals surface area contributed by atoms with Gasteiger partial charge < -0.3 is 15.0 Å². The van der Waals surface area contributed by atoms with Gasteiger partial charge in [0.15, 0.2) is 12.4 Å². The number of piperidine rings is 1. The van der Waals surface area contributed by atoms with Crippen LogP contribution in [0.15, 0.2) is 48.5 Å². The Morgan fingerprint density at radius 1 is 0.941 bits per heavy atom. The summed E-state index contributed by atoms with van der Waals surface area (Å²) in [5.74, 6) is -1.32. The average molecular weight is 485 g/mol. The molecule has 0 unspecified atom stereocenters. The molecule has 1 heterocycles. The van der Waals surface area contributed by atoms with Gasteiger partial charge in [0.25, 0.3) is 5.91 Å². The van der Waals surface area contributed by atoms with Gasteiger partial charge in [-0.3, -0.25) is 19.2 Å². The van der Waals surface area contributed by atoms with Crippen molar-refractivity contribution in [3.8, 4) is 0 Å². The Morgan fingerprint density at radius 2 is 1.50 bits per heavy atom. The fourth-order valence-electron chi connectivity index (χ4n) is 3.49. The molecule has 3 rings (SSSR count). The number of amides is 2. The van der Waals surface area contributed by atoms with Gasteiger partial charge >= 0.3 is 5.97 Å². The molecule has 2 amide bonds. The van der Waals surface area contributed by atoms with Crippen molar-refractivity contribution in [1.82, 2.24) is 4.90 Å². The molecular formula is C26H29ClN2O5. The second-order valence-electron chi connectivity index (χ2n) is 9.39. The summed E-state index contributed by atoms with van der Waals surface area (Å²) in [7, 11) is 0. The van der Waals surface area contributed by atoms with Crippen LogP contribution in [0.2, 0.25) is 5.02 Å². The number of likely N-dealkylation sites (tertiary alicyclic amines) is 1. The van der Waals surface area contributed by atoms with Crippen LogP contribution in [0.5, 0.6) is 0 Å². The van der Waals surface area contributed by atoms with Crippen LogP contribution < -0.4 is 5.32 Å². The molecule has 1 aliphatic heterocycles. The van der Waals surface area contributed by atoms with Gasteiger partial charge in [0, 0.05) is 40.3 Å². The number of rotatable bonds is 6. The minimum absolute atomic E-state index is 0.0965. The number of nitrogens with one attached hydrogen (secondary N) is 1. The van der Waals surface area contributed by atoms with E-state index >= 15 is 0 Å². The van der Waals surface area contributed by atoms with E-state index in [1.165, 1.54) is 0 Å². The van der Waals surface area contributed by atoms with Gasteiger partial charge in [-0.15, -0.1) is 0 Å². The third-order valence-electron chi connectivity index (χ3n) is 5.70. The van der Waals surface area contributed by atoms with Crippen molar-refractivity contribution in [2.45, 2.75) is 33.6 Å². The third kappa shape index (κ3) is 6.67. The summed E-state index contributed by atoms with van der Waals surface area (Å²) >= 11 is 5.87. The molecule has 0 radical (unpaired) electrons. The first-order chi connectivity index (χ1) is 16.0. The molecule has 180 valence electrons. The van der Waals surface area contributed by atoms with Crippen molar-refractivity contribution in [2.24, 2.45) is 11.3 Å². The van der Waals surface area contributed by atoms with Crippen LogP contribution in [-0.2, 0) is 14.3 Å². The molecule has 2 aromatic rings. The Morgan fingerprint density at radius 3 is 2.06 bits per heavy atom. The topological polar surface area (TPSA) is 92.8 Å². The standard InChI is InChI=1S/C26H29ClN2O5/c1-26(2,3)25(33)28-21-10-6-17(7-11-21)22(30)16-34-24(32)19-12-14-29(15-13-19)23(31)18-4-8-20(27)9-5-18/h4-11,19H,12-16H2,1-3H3,(H,28,33). The number of anilines is 1. The number of ketones is 1. The first-order valence-corrected chi connectivity index (χ1v) is 11.6. The van der Waals surface area contributed by atoms with Gasteiger partial charge in [0.2, 0.25) is 5.91 Å². The van der Waals surface area contributed by atoms with E-state index in [0.29, 0.717) is 47.8 Å². The highest BCUT2D eigenvalue weighted by Crippen LogP contribution is 2.22. The maximum absolute atomic E-state index is 12.6. The Bertz CT molecular complexity index is 1050. The van der Waals surface area contributed by atoms with E-state index in [0.717, 1.165) is 0 Å². The SMILES string of the molecule is CC(C)(C)C(=O)Nc1ccc(C(=O)COC(=O)C2CCN(C(=O)c3ccc(Cl)cc3)CC2)cc1. The van der Waals surface area contributed by atoms with Gasteiger partial charge in [-0.25, -0.2) is 0 Å². The third-order valence-corrected chi connectivity index (χ3v) is 5.95. The second kappa shape index (κ2) is 10.8. The summed E-state index contributed by atoms with van der Waals surface area (Å²) in [5.41, 5.74) is 1.01. The van der Waals surface area contributed by atoms with Crippen LogP contribution >= 0.6 is 11.6 Å². The van der Waals surface area contributed by atoms with Crippen molar-refractivity contribution in [3.63, 3.8) is 0 Å². The first-order valence-electron chi connectivity index (χ1n) is 11.2. The molecule has 0 spiro atoms. The zero-order valence-corrected chi connectivity index (χ0v) is 20.4. The summed E-state index contributed by atoms with van der Waals surface area (Å²) in [4.78, 5) is 51.2. The molecule has 0 atom stereocenters. The molecule has 1 saturated heterocycles. The molecule has 1 N–H and O–H groups in total. The number of hydrogen-bond acceptors (Lipinski definition) is 5. The van der Waals surface area contributed by atoms with E-state index in [1.807, 2.05) is 20.8 Å². The molecule has 1 aliphatic rings. The van der Waals surface area contributed by atoms with Crippen LogP contribution in [0.4, 0.5) is 5.69 Å². The van der Waals surface area contributed by atoms with Gasteiger partial charge in [-0.1, -0.05) is 32.4 Å². The predicted octanol–water partition coefficient (Wildman–Crippen LogP) is 4.60. The molecule has 0 aromatic heterocycles. The highest BCUT2D eigenvalue weighted by atomic mass is 35.5. The Hall–Kier alpha value is -3.19. The van der Waals surface area contributed by atoms with Gasteiger partial charge in [0.05, 0.1) is 5.92 Å². The summed E-state index contributed by atoms with van der Waals surface area (Å²) in [5, 5.41) is 3.36. The number of carbonyl (C=O) groups excluding carboxylic acids is 4. The summed E-state index contributed by atoms with van der Waals surface area (Å²) in [6.07, 6.45) is 0.961. The fourth-order valence-corrected chi connectivity index (χ4v) is 3.62. The van der Waals surface area contributed by atoms with E-state index in [2.05, 4.69) is 5.32 Å². The van der Waals surface area contributed by atoms with Crippen LogP contribution in [0.1, 0.15) is 54.3 Å². The maximum atomic E-state index is 12.6. The van der Waals surface area contributed by atoms with Crippen molar-refractivity contribution in [1.29, 1.82) is 0 Å². The molecule has 34 heavy (non-hydrogen) atoms. The first kappa shape index (κ1) is 25.4. The van der Waals surface area contributed by atoms with E-state index in [4.69, 9.17) is 16.3 Å². The van der Waals surface area contributed by atoms with Gasteiger partial charge in [-0.2, -0.15) is 0 Å². The zero-order valence-electron chi connectivity index (χ0n) is 19.6. The number of benzene rings is 2. The summed E-state index contributed by atoms with van der Waals surface area (Å²) < 4.78 is 5.25. The highest BCUT2D eigenvalue weighted by Gasteiger charge is 2.29. The lowest BCUT2D eigenvalue weighted by Gasteiger charge is -2.31. The van der Waals surface area contributed by atoms with E-state index in [-0.39, 0.29) is 30.1 Å². The van der Waals surface area contributed by atoms with Crippen molar-refractivity contribution in [2.75, 3.05) is 25.0 Å². The lowest BCUT2D eigenvalue weighted by atomic mass is 9.95. The molecule has 8 heteroatoms. The number of nitrogens with zero attached hydrogens (tertiary/aromatic N) is 1. The minimum atomic E-state index is -0.526. The molecule has 2 aromatic carbocycles. The van der Waals surface area contributed by atoms with Gasteiger partial charge in [-0.05, 0) is 61.4 Å². The second-order valence-corrected chi connectivity index (χ2v) is 9.82. The number of carbonyl (C=O) groups is 4. The largest absolute Gasteiger partial charge is 0.457 e. The number of Topliss-reactive ketones (excluding diaryl/α,β-unsaturated/α-hetero) is 1. The van der Waals surface area contributed by atoms with Gasteiger partial charge in [0.1, 0.15) is 0 Å². The Kier molecular flexibility index (Phi) is 8.10. The number of ether oxygens (including phenoxy) is 1.